The number of rotatable bonds is 7. The highest BCUT2D eigenvalue weighted by Crippen LogP contribution is 2.25. The van der Waals surface area contributed by atoms with E-state index < -0.39 is 6.61 Å². The molecule has 0 unspecified atom stereocenters. The molecular formula is C20H22F2N6O. The number of hydrogen-bond donors (Lipinski definition) is 2. The SMILES string of the molecule is FC(F)Oc1cnc(N[C@H]2CC[C@H](Nc3ccc(N4C=CC=CC4)cn3)C2)nc1. The smallest absolute Gasteiger partial charge is 0.387 e. The van der Waals surface area contributed by atoms with E-state index in [2.05, 4.69) is 47.4 Å². The van der Waals surface area contributed by atoms with Crippen LogP contribution in [0.4, 0.5) is 26.2 Å². The van der Waals surface area contributed by atoms with Crippen LogP contribution in [0.5, 0.6) is 5.75 Å². The van der Waals surface area contributed by atoms with E-state index in [4.69, 9.17) is 0 Å². The van der Waals surface area contributed by atoms with Gasteiger partial charge in [-0.1, -0.05) is 12.2 Å². The van der Waals surface area contributed by atoms with Gasteiger partial charge in [-0.3, -0.25) is 0 Å². The molecule has 7 nitrogen and oxygen atoms in total. The van der Waals surface area contributed by atoms with Crippen molar-refractivity contribution in [1.82, 2.24) is 15.0 Å². The second-order valence-electron chi connectivity index (χ2n) is 6.94. The Labute approximate surface area is 167 Å². The first kappa shape index (κ1) is 19.1. The number of allylic oxidation sites excluding steroid dienone is 2. The summed E-state index contributed by atoms with van der Waals surface area (Å²) in [5, 5.41) is 6.71. The fraction of sp³-hybridized carbons (Fsp3) is 0.350. The Bertz CT molecular complexity index is 856. The van der Waals surface area contributed by atoms with Crippen molar-refractivity contribution in [2.24, 2.45) is 0 Å². The number of hydrogen-bond acceptors (Lipinski definition) is 7. The molecule has 2 atom stereocenters. The Kier molecular flexibility index (Phi) is 5.83. The molecule has 29 heavy (non-hydrogen) atoms. The van der Waals surface area contributed by atoms with Crippen molar-refractivity contribution >= 4 is 17.5 Å². The van der Waals surface area contributed by atoms with Gasteiger partial charge in [0.25, 0.3) is 0 Å². The monoisotopic (exact) mass is 400 g/mol. The molecule has 0 amide bonds. The number of anilines is 3. The van der Waals surface area contributed by atoms with Crippen molar-refractivity contribution < 1.29 is 13.5 Å². The second kappa shape index (κ2) is 8.85. The van der Waals surface area contributed by atoms with Crippen LogP contribution in [0.2, 0.25) is 0 Å². The third-order valence-corrected chi connectivity index (χ3v) is 4.87. The molecule has 2 aromatic rings. The first-order chi connectivity index (χ1) is 14.2. The molecule has 1 fully saturated rings. The minimum atomic E-state index is -2.88. The van der Waals surface area contributed by atoms with Gasteiger partial charge in [0, 0.05) is 24.8 Å². The Morgan fingerprint density at radius 1 is 1.00 bits per heavy atom. The van der Waals surface area contributed by atoms with Crippen LogP contribution in [0.25, 0.3) is 0 Å². The van der Waals surface area contributed by atoms with Crippen molar-refractivity contribution in [2.45, 2.75) is 38.0 Å². The summed E-state index contributed by atoms with van der Waals surface area (Å²) < 4.78 is 28.6. The molecular weight excluding hydrogens is 378 g/mol. The van der Waals surface area contributed by atoms with Crippen molar-refractivity contribution in [1.29, 1.82) is 0 Å². The maximum absolute atomic E-state index is 12.2. The number of ether oxygens (including phenoxy) is 1. The van der Waals surface area contributed by atoms with Crippen molar-refractivity contribution in [3.8, 4) is 5.75 Å². The van der Waals surface area contributed by atoms with E-state index in [1.54, 1.807) is 0 Å². The van der Waals surface area contributed by atoms with Crippen LogP contribution >= 0.6 is 0 Å². The standard InChI is InChI=1S/C20H22F2N6O/c21-19(22)29-17-12-24-20(25-13-17)27-15-5-4-14(10-15)26-18-7-6-16(11-23-18)28-8-2-1-3-9-28/h1-3,6-8,11-15,19H,4-5,9-10H2,(H,23,26)(H,24,25,27)/t14-,15-/m0/s1. The van der Waals surface area contributed by atoms with Gasteiger partial charge in [-0.05, 0) is 37.5 Å². The number of aromatic nitrogens is 3. The summed E-state index contributed by atoms with van der Waals surface area (Å²) in [6, 6.07) is 4.55. The molecule has 0 aromatic carbocycles. The molecule has 152 valence electrons. The van der Waals surface area contributed by atoms with Gasteiger partial charge in [-0.25, -0.2) is 15.0 Å². The fourth-order valence-corrected chi connectivity index (χ4v) is 3.49. The lowest BCUT2D eigenvalue weighted by Gasteiger charge is -2.21. The van der Waals surface area contributed by atoms with Gasteiger partial charge in [0.1, 0.15) is 5.82 Å². The summed E-state index contributed by atoms with van der Waals surface area (Å²) in [6.45, 7) is -2.03. The zero-order chi connectivity index (χ0) is 20.1. The predicted molar refractivity (Wildman–Crippen MR) is 107 cm³/mol. The first-order valence-corrected chi connectivity index (χ1v) is 9.52. The molecule has 0 spiro atoms. The fourth-order valence-electron chi connectivity index (χ4n) is 3.49. The molecule has 0 radical (unpaired) electrons. The highest BCUT2D eigenvalue weighted by atomic mass is 19.3. The lowest BCUT2D eigenvalue weighted by atomic mass is 10.2. The second-order valence-corrected chi connectivity index (χ2v) is 6.94. The molecule has 2 aliphatic rings. The minimum Gasteiger partial charge on any atom is -0.432 e. The quantitative estimate of drug-likeness (QED) is 0.732. The van der Waals surface area contributed by atoms with Gasteiger partial charge in [-0.15, -0.1) is 0 Å². The summed E-state index contributed by atoms with van der Waals surface area (Å²) >= 11 is 0. The van der Waals surface area contributed by atoms with Crippen molar-refractivity contribution in [2.75, 3.05) is 22.1 Å². The minimum absolute atomic E-state index is 0.0536. The summed E-state index contributed by atoms with van der Waals surface area (Å²) in [5.74, 6) is 1.20. The zero-order valence-corrected chi connectivity index (χ0v) is 15.7. The normalized spacial score (nSPS) is 20.9. The van der Waals surface area contributed by atoms with Gasteiger partial charge < -0.3 is 20.3 Å². The van der Waals surface area contributed by atoms with Gasteiger partial charge in [0.05, 0.1) is 24.3 Å². The average Bonchev–Trinajstić information content (AvgIpc) is 3.17. The van der Waals surface area contributed by atoms with Crippen LogP contribution in [-0.2, 0) is 0 Å². The number of alkyl halides is 2. The molecule has 2 aromatic heterocycles. The molecule has 0 bridgehead atoms. The molecule has 1 saturated carbocycles. The average molecular weight is 400 g/mol. The Morgan fingerprint density at radius 2 is 1.79 bits per heavy atom. The maximum atomic E-state index is 12.2. The lowest BCUT2D eigenvalue weighted by Crippen LogP contribution is -2.22. The highest BCUT2D eigenvalue weighted by Gasteiger charge is 2.25. The third-order valence-electron chi connectivity index (χ3n) is 4.87. The van der Waals surface area contributed by atoms with E-state index in [1.807, 2.05) is 30.6 Å². The van der Waals surface area contributed by atoms with Crippen LogP contribution in [0.15, 0.2) is 55.2 Å². The summed E-state index contributed by atoms with van der Waals surface area (Å²) in [4.78, 5) is 14.7. The molecule has 1 aliphatic carbocycles. The van der Waals surface area contributed by atoms with Crippen molar-refractivity contribution in [3.63, 3.8) is 0 Å². The van der Waals surface area contributed by atoms with Crippen LogP contribution in [0.1, 0.15) is 19.3 Å². The van der Waals surface area contributed by atoms with Gasteiger partial charge >= 0.3 is 6.61 Å². The zero-order valence-electron chi connectivity index (χ0n) is 15.7. The Balaban J connectivity index is 1.26. The van der Waals surface area contributed by atoms with E-state index in [0.29, 0.717) is 12.0 Å². The third kappa shape index (κ3) is 5.18. The summed E-state index contributed by atoms with van der Waals surface area (Å²) in [6.07, 6.45) is 15.4. The molecule has 1 aliphatic heterocycles. The van der Waals surface area contributed by atoms with Gasteiger partial charge in [0.15, 0.2) is 5.75 Å². The lowest BCUT2D eigenvalue weighted by molar-refractivity contribution is -0.0503. The van der Waals surface area contributed by atoms with Crippen LogP contribution < -0.4 is 20.3 Å². The van der Waals surface area contributed by atoms with Crippen LogP contribution in [0, 0.1) is 0 Å². The molecule has 9 heteroatoms. The predicted octanol–water partition coefficient (Wildman–Crippen LogP) is 3.81. The highest BCUT2D eigenvalue weighted by molar-refractivity contribution is 5.53. The van der Waals surface area contributed by atoms with E-state index in [1.165, 1.54) is 12.4 Å². The Hall–Kier alpha value is -3.23. The molecule has 3 heterocycles. The molecule has 4 rings (SSSR count). The number of nitrogens with zero attached hydrogens (tertiary/aromatic N) is 4. The van der Waals surface area contributed by atoms with Crippen LogP contribution in [-0.4, -0.2) is 40.2 Å². The summed E-state index contributed by atoms with van der Waals surface area (Å²) in [7, 11) is 0. The number of nitrogens with one attached hydrogen (secondary N) is 2. The number of halogens is 2. The topological polar surface area (TPSA) is 75.2 Å². The van der Waals surface area contributed by atoms with Crippen molar-refractivity contribution in [3.05, 3.63) is 55.2 Å². The van der Waals surface area contributed by atoms with E-state index >= 15 is 0 Å². The number of pyridine rings is 1. The van der Waals surface area contributed by atoms with E-state index in [9.17, 15) is 8.78 Å². The van der Waals surface area contributed by atoms with E-state index in [0.717, 1.165) is 37.3 Å². The van der Waals surface area contributed by atoms with Gasteiger partial charge in [-0.2, -0.15) is 8.78 Å². The molecule has 0 saturated heterocycles. The maximum Gasteiger partial charge on any atom is 0.387 e. The van der Waals surface area contributed by atoms with E-state index in [-0.39, 0.29) is 11.8 Å². The van der Waals surface area contributed by atoms with Gasteiger partial charge in [0.2, 0.25) is 5.95 Å². The first-order valence-electron chi connectivity index (χ1n) is 9.52. The van der Waals surface area contributed by atoms with Crippen LogP contribution in [0.3, 0.4) is 0 Å². The Morgan fingerprint density at radius 3 is 2.45 bits per heavy atom. The summed E-state index contributed by atoms with van der Waals surface area (Å²) in [5.41, 5.74) is 1.05. The molecule has 2 N–H and O–H groups in total. The largest absolute Gasteiger partial charge is 0.432 e.